The van der Waals surface area contributed by atoms with Gasteiger partial charge in [-0.25, -0.2) is 4.79 Å². The Morgan fingerprint density at radius 2 is 2.13 bits per heavy atom. The molecule has 0 unspecified atom stereocenters. The molecule has 0 saturated carbocycles. The van der Waals surface area contributed by atoms with Crippen molar-refractivity contribution in [1.29, 1.82) is 0 Å². The Labute approximate surface area is 84.4 Å². The number of rotatable bonds is 4. The first kappa shape index (κ1) is 11.2. The Balaban J connectivity index is 3.32. The molecule has 82 valence electrons. The third-order valence-corrected chi connectivity index (χ3v) is 1.97. The van der Waals surface area contributed by atoms with Gasteiger partial charge in [-0.15, -0.1) is 4.91 Å². The summed E-state index contributed by atoms with van der Waals surface area (Å²) in [6, 6.07) is 0. The van der Waals surface area contributed by atoms with Gasteiger partial charge in [-0.1, -0.05) is 13.3 Å². The summed E-state index contributed by atoms with van der Waals surface area (Å²) in [4.78, 5) is 34.4. The predicted octanol–water partition coefficient (Wildman–Crippen LogP) is 0.440. The number of unbranched alkanes of at least 4 members (excludes halogenated alkanes) is 1. The number of nitroso groups, excluding NO2 is 1. The Hall–Kier alpha value is -1.92. The van der Waals surface area contributed by atoms with Crippen LogP contribution in [-0.4, -0.2) is 14.7 Å². The second kappa shape index (κ2) is 4.54. The van der Waals surface area contributed by atoms with Crippen molar-refractivity contribution in [2.75, 3.05) is 0 Å². The maximum Gasteiger partial charge on any atom is 0.331 e. The van der Waals surface area contributed by atoms with Crippen LogP contribution >= 0.6 is 0 Å². The largest absolute Gasteiger partial charge is 0.493 e. The summed E-state index contributed by atoms with van der Waals surface area (Å²) in [6.45, 7) is 2.15. The minimum atomic E-state index is -0.972. The number of aromatic amines is 1. The summed E-state index contributed by atoms with van der Waals surface area (Å²) in [6.07, 6.45) is 1.46. The third kappa shape index (κ3) is 2.12. The molecule has 0 fully saturated rings. The summed E-state index contributed by atoms with van der Waals surface area (Å²) in [7, 11) is 0. The summed E-state index contributed by atoms with van der Waals surface area (Å²) in [5.41, 5.74) is -2.37. The Kier molecular flexibility index (Phi) is 3.37. The van der Waals surface area contributed by atoms with Gasteiger partial charge in [0.1, 0.15) is 0 Å². The molecule has 0 radical (unpaired) electrons. The van der Waals surface area contributed by atoms with E-state index in [0.717, 1.165) is 11.0 Å². The van der Waals surface area contributed by atoms with E-state index < -0.39 is 22.8 Å². The Morgan fingerprint density at radius 3 is 2.67 bits per heavy atom. The first-order valence-corrected chi connectivity index (χ1v) is 4.51. The van der Waals surface area contributed by atoms with Gasteiger partial charge < -0.3 is 5.11 Å². The maximum atomic E-state index is 11.2. The van der Waals surface area contributed by atoms with Crippen molar-refractivity contribution in [3.8, 4) is 5.88 Å². The van der Waals surface area contributed by atoms with Gasteiger partial charge in [-0.3, -0.25) is 14.3 Å². The summed E-state index contributed by atoms with van der Waals surface area (Å²) in [5.74, 6) is -0.674. The lowest BCUT2D eigenvalue weighted by Gasteiger charge is -2.06. The molecule has 7 nitrogen and oxygen atoms in total. The van der Waals surface area contributed by atoms with Crippen LogP contribution in [0.4, 0.5) is 5.69 Å². The molecule has 2 N–H and O–H groups in total. The van der Waals surface area contributed by atoms with E-state index in [9.17, 15) is 19.6 Å². The van der Waals surface area contributed by atoms with Crippen molar-refractivity contribution in [3.63, 3.8) is 0 Å². The highest BCUT2D eigenvalue weighted by Gasteiger charge is 2.13. The highest BCUT2D eigenvalue weighted by atomic mass is 16.3. The minimum absolute atomic E-state index is 0.237. The molecule has 1 aromatic rings. The number of hydrogen-bond donors (Lipinski definition) is 2. The van der Waals surface area contributed by atoms with E-state index in [-0.39, 0.29) is 6.54 Å². The van der Waals surface area contributed by atoms with Crippen molar-refractivity contribution in [2.45, 2.75) is 26.3 Å². The number of aromatic hydroxyl groups is 1. The molecule has 15 heavy (non-hydrogen) atoms. The molecule has 0 aliphatic heterocycles. The maximum absolute atomic E-state index is 11.2. The Morgan fingerprint density at radius 1 is 1.47 bits per heavy atom. The lowest BCUT2D eigenvalue weighted by atomic mass is 10.3. The topological polar surface area (TPSA) is 105 Å². The smallest absolute Gasteiger partial charge is 0.331 e. The molecule has 1 heterocycles. The van der Waals surface area contributed by atoms with Gasteiger partial charge in [0.2, 0.25) is 11.6 Å². The fourth-order valence-corrected chi connectivity index (χ4v) is 1.16. The van der Waals surface area contributed by atoms with Crippen LogP contribution in [0.25, 0.3) is 0 Å². The van der Waals surface area contributed by atoms with Gasteiger partial charge in [0.15, 0.2) is 0 Å². The molecule has 0 spiro atoms. The van der Waals surface area contributed by atoms with Gasteiger partial charge in [0.05, 0.1) is 0 Å². The van der Waals surface area contributed by atoms with E-state index in [1.54, 1.807) is 0 Å². The summed E-state index contributed by atoms with van der Waals surface area (Å²) >= 11 is 0. The zero-order chi connectivity index (χ0) is 11.4. The van der Waals surface area contributed by atoms with Crippen molar-refractivity contribution in [2.24, 2.45) is 5.18 Å². The van der Waals surface area contributed by atoms with Crippen LogP contribution in [0.15, 0.2) is 14.8 Å². The average molecular weight is 213 g/mol. The predicted molar refractivity (Wildman–Crippen MR) is 53.4 cm³/mol. The van der Waals surface area contributed by atoms with Crippen LogP contribution in [0.2, 0.25) is 0 Å². The van der Waals surface area contributed by atoms with E-state index in [0.29, 0.717) is 6.42 Å². The normalized spacial score (nSPS) is 10.2. The molecule has 0 aromatic carbocycles. The van der Waals surface area contributed by atoms with Crippen LogP contribution in [0, 0.1) is 4.91 Å². The highest BCUT2D eigenvalue weighted by molar-refractivity contribution is 5.43. The summed E-state index contributed by atoms with van der Waals surface area (Å²) in [5, 5.41) is 11.8. The average Bonchev–Trinajstić information content (AvgIpc) is 2.17. The zero-order valence-electron chi connectivity index (χ0n) is 8.19. The Bertz CT molecular complexity index is 474. The second-order valence-corrected chi connectivity index (χ2v) is 3.03. The van der Waals surface area contributed by atoms with E-state index in [2.05, 4.69) is 5.18 Å². The molecule has 0 amide bonds. The van der Waals surface area contributed by atoms with Crippen molar-refractivity contribution in [1.82, 2.24) is 9.55 Å². The number of nitrogens with one attached hydrogen (secondary N) is 1. The first-order valence-electron chi connectivity index (χ1n) is 4.51. The molecular formula is C8H11N3O4. The molecule has 0 saturated heterocycles. The number of aromatic nitrogens is 2. The minimum Gasteiger partial charge on any atom is -0.493 e. The van der Waals surface area contributed by atoms with Crippen LogP contribution in [0.5, 0.6) is 5.88 Å². The molecule has 0 aliphatic rings. The van der Waals surface area contributed by atoms with Crippen LogP contribution in [0.1, 0.15) is 19.8 Å². The molecule has 0 aliphatic carbocycles. The quantitative estimate of drug-likeness (QED) is 0.708. The molecular weight excluding hydrogens is 202 g/mol. The lowest BCUT2D eigenvalue weighted by molar-refractivity contribution is 0.397. The second-order valence-electron chi connectivity index (χ2n) is 3.03. The molecule has 1 rings (SSSR count). The van der Waals surface area contributed by atoms with Gasteiger partial charge in [0, 0.05) is 6.54 Å². The van der Waals surface area contributed by atoms with Crippen LogP contribution in [0.3, 0.4) is 0 Å². The zero-order valence-corrected chi connectivity index (χ0v) is 8.19. The van der Waals surface area contributed by atoms with E-state index in [1.807, 2.05) is 11.9 Å². The van der Waals surface area contributed by atoms with Crippen LogP contribution in [-0.2, 0) is 6.54 Å². The van der Waals surface area contributed by atoms with Gasteiger partial charge in [0.25, 0.3) is 5.56 Å². The van der Waals surface area contributed by atoms with Crippen molar-refractivity contribution >= 4 is 5.69 Å². The van der Waals surface area contributed by atoms with E-state index in [1.165, 1.54) is 0 Å². The molecule has 0 bridgehead atoms. The third-order valence-electron chi connectivity index (χ3n) is 1.97. The number of nitrogens with zero attached hydrogens (tertiary/aromatic N) is 2. The highest BCUT2D eigenvalue weighted by Crippen LogP contribution is 2.18. The first-order chi connectivity index (χ1) is 7.11. The standard InChI is InChI=1S/C8H11N3O4/c1-2-3-4-11-7(13)5(10-15)6(12)9-8(11)14/h13H,2-4H2,1H3,(H,9,12,14). The van der Waals surface area contributed by atoms with Crippen molar-refractivity contribution in [3.05, 3.63) is 25.7 Å². The number of H-pyrrole nitrogens is 1. The van der Waals surface area contributed by atoms with Crippen molar-refractivity contribution < 1.29 is 5.11 Å². The fourth-order valence-electron chi connectivity index (χ4n) is 1.16. The number of hydrogen-bond acceptors (Lipinski definition) is 5. The summed E-state index contributed by atoms with van der Waals surface area (Å²) < 4.78 is 0.918. The van der Waals surface area contributed by atoms with E-state index in [4.69, 9.17) is 0 Å². The van der Waals surface area contributed by atoms with E-state index >= 15 is 0 Å². The lowest BCUT2D eigenvalue weighted by Crippen LogP contribution is -2.29. The van der Waals surface area contributed by atoms with Gasteiger partial charge >= 0.3 is 5.69 Å². The van der Waals surface area contributed by atoms with Gasteiger partial charge in [-0.2, -0.15) is 0 Å². The molecule has 1 aromatic heterocycles. The van der Waals surface area contributed by atoms with Crippen LogP contribution < -0.4 is 11.2 Å². The molecule has 0 atom stereocenters. The fraction of sp³-hybridized carbons (Fsp3) is 0.500. The van der Waals surface area contributed by atoms with Gasteiger partial charge in [-0.05, 0) is 11.6 Å². The monoisotopic (exact) mass is 213 g/mol. The molecule has 7 heteroatoms. The SMILES string of the molecule is CCCCn1c(O)c(N=O)c(=O)[nH]c1=O.